The van der Waals surface area contributed by atoms with Crippen LogP contribution in [0, 0.1) is 0 Å². The zero-order chi connectivity index (χ0) is 10.4. The van der Waals surface area contributed by atoms with Gasteiger partial charge < -0.3 is 10.4 Å². The van der Waals surface area contributed by atoms with E-state index in [1.165, 1.54) is 5.56 Å². The highest BCUT2D eigenvalue weighted by Crippen LogP contribution is 2.12. The SMILES string of the molecule is C[C@@H](O)CNC[C@H](C)c1ccccc1. The minimum absolute atomic E-state index is 0.266. The van der Waals surface area contributed by atoms with Gasteiger partial charge in [0, 0.05) is 13.1 Å². The van der Waals surface area contributed by atoms with Crippen molar-refractivity contribution in [3.05, 3.63) is 35.9 Å². The summed E-state index contributed by atoms with van der Waals surface area (Å²) in [5.41, 5.74) is 1.34. The van der Waals surface area contributed by atoms with E-state index in [1.54, 1.807) is 6.92 Å². The summed E-state index contributed by atoms with van der Waals surface area (Å²) >= 11 is 0. The Hall–Kier alpha value is -0.860. The molecular weight excluding hydrogens is 174 g/mol. The fourth-order valence-corrected chi connectivity index (χ4v) is 1.41. The van der Waals surface area contributed by atoms with Crippen molar-refractivity contribution in [2.24, 2.45) is 0 Å². The first-order valence-electron chi connectivity index (χ1n) is 5.14. The predicted octanol–water partition coefficient (Wildman–Crippen LogP) is 1.76. The molecule has 0 spiro atoms. The molecule has 0 aliphatic heterocycles. The van der Waals surface area contributed by atoms with E-state index in [-0.39, 0.29) is 6.10 Å². The summed E-state index contributed by atoms with van der Waals surface area (Å²) in [6.07, 6.45) is -0.266. The van der Waals surface area contributed by atoms with Gasteiger partial charge in [-0.05, 0) is 18.4 Å². The Morgan fingerprint density at radius 3 is 2.36 bits per heavy atom. The predicted molar refractivity (Wildman–Crippen MR) is 59.4 cm³/mol. The van der Waals surface area contributed by atoms with Gasteiger partial charge in [-0.3, -0.25) is 0 Å². The van der Waals surface area contributed by atoms with Crippen LogP contribution in [-0.4, -0.2) is 24.3 Å². The van der Waals surface area contributed by atoms with Crippen molar-refractivity contribution in [1.29, 1.82) is 0 Å². The fourth-order valence-electron chi connectivity index (χ4n) is 1.41. The van der Waals surface area contributed by atoms with Crippen LogP contribution in [0.1, 0.15) is 25.3 Å². The average molecular weight is 193 g/mol. The lowest BCUT2D eigenvalue weighted by Crippen LogP contribution is -2.27. The maximum absolute atomic E-state index is 9.07. The molecule has 0 unspecified atom stereocenters. The summed E-state index contributed by atoms with van der Waals surface area (Å²) in [5.74, 6) is 0.495. The number of hydrogen-bond donors (Lipinski definition) is 2. The Bertz CT molecular complexity index is 246. The second-order valence-corrected chi connectivity index (χ2v) is 3.82. The summed E-state index contributed by atoms with van der Waals surface area (Å²) in [5, 5.41) is 12.3. The highest BCUT2D eigenvalue weighted by molar-refractivity contribution is 5.18. The van der Waals surface area contributed by atoms with Gasteiger partial charge >= 0.3 is 0 Å². The molecule has 0 fully saturated rings. The van der Waals surface area contributed by atoms with Crippen LogP contribution in [0.3, 0.4) is 0 Å². The van der Waals surface area contributed by atoms with Gasteiger partial charge in [0.2, 0.25) is 0 Å². The smallest absolute Gasteiger partial charge is 0.0636 e. The van der Waals surface area contributed by atoms with E-state index in [4.69, 9.17) is 5.11 Å². The van der Waals surface area contributed by atoms with Gasteiger partial charge in [0.25, 0.3) is 0 Å². The molecule has 0 aliphatic rings. The molecule has 2 atom stereocenters. The van der Waals surface area contributed by atoms with Crippen molar-refractivity contribution in [3.8, 4) is 0 Å². The number of aliphatic hydroxyl groups excluding tert-OH is 1. The lowest BCUT2D eigenvalue weighted by Gasteiger charge is -2.13. The Labute approximate surface area is 86.0 Å². The third-order valence-electron chi connectivity index (χ3n) is 2.26. The van der Waals surface area contributed by atoms with Crippen molar-refractivity contribution in [1.82, 2.24) is 5.32 Å². The summed E-state index contributed by atoms with van der Waals surface area (Å²) < 4.78 is 0. The molecule has 0 bridgehead atoms. The minimum atomic E-state index is -0.266. The number of hydrogen-bond acceptors (Lipinski definition) is 2. The molecular formula is C12H19NO. The molecule has 1 aromatic rings. The first kappa shape index (κ1) is 11.2. The van der Waals surface area contributed by atoms with Gasteiger partial charge in [-0.25, -0.2) is 0 Å². The largest absolute Gasteiger partial charge is 0.392 e. The van der Waals surface area contributed by atoms with E-state index in [1.807, 2.05) is 6.07 Å². The van der Waals surface area contributed by atoms with Crippen LogP contribution in [0.15, 0.2) is 30.3 Å². The van der Waals surface area contributed by atoms with Gasteiger partial charge in [0.1, 0.15) is 0 Å². The number of benzene rings is 1. The van der Waals surface area contributed by atoms with Gasteiger partial charge in [-0.15, -0.1) is 0 Å². The lowest BCUT2D eigenvalue weighted by molar-refractivity contribution is 0.191. The van der Waals surface area contributed by atoms with Crippen LogP contribution in [0.2, 0.25) is 0 Å². The monoisotopic (exact) mass is 193 g/mol. The van der Waals surface area contributed by atoms with Crippen LogP contribution in [0.25, 0.3) is 0 Å². The van der Waals surface area contributed by atoms with Crippen LogP contribution in [-0.2, 0) is 0 Å². The molecule has 0 saturated heterocycles. The van der Waals surface area contributed by atoms with E-state index in [0.717, 1.165) is 6.54 Å². The molecule has 0 heterocycles. The number of rotatable bonds is 5. The van der Waals surface area contributed by atoms with E-state index in [2.05, 4.69) is 36.5 Å². The maximum atomic E-state index is 9.07. The first-order chi connectivity index (χ1) is 6.70. The molecule has 0 saturated carbocycles. The molecule has 14 heavy (non-hydrogen) atoms. The molecule has 78 valence electrons. The van der Waals surface area contributed by atoms with E-state index in [9.17, 15) is 0 Å². The maximum Gasteiger partial charge on any atom is 0.0636 e. The Balaban J connectivity index is 2.32. The summed E-state index contributed by atoms with van der Waals surface area (Å²) in [6.45, 7) is 5.55. The van der Waals surface area contributed by atoms with Crippen molar-refractivity contribution >= 4 is 0 Å². The fraction of sp³-hybridized carbons (Fsp3) is 0.500. The molecule has 1 rings (SSSR count). The highest BCUT2D eigenvalue weighted by Gasteiger charge is 2.04. The van der Waals surface area contributed by atoms with Crippen molar-refractivity contribution in [3.63, 3.8) is 0 Å². The van der Waals surface area contributed by atoms with Crippen LogP contribution in [0.4, 0.5) is 0 Å². The Morgan fingerprint density at radius 2 is 1.79 bits per heavy atom. The third kappa shape index (κ3) is 3.90. The zero-order valence-electron chi connectivity index (χ0n) is 8.90. The average Bonchev–Trinajstić information content (AvgIpc) is 2.18. The number of nitrogens with one attached hydrogen (secondary N) is 1. The van der Waals surface area contributed by atoms with Crippen LogP contribution in [0.5, 0.6) is 0 Å². The molecule has 2 heteroatoms. The molecule has 2 N–H and O–H groups in total. The van der Waals surface area contributed by atoms with E-state index in [0.29, 0.717) is 12.5 Å². The second kappa shape index (κ2) is 5.78. The Morgan fingerprint density at radius 1 is 1.14 bits per heavy atom. The van der Waals surface area contributed by atoms with Crippen LogP contribution < -0.4 is 5.32 Å². The van der Waals surface area contributed by atoms with Gasteiger partial charge in [0.15, 0.2) is 0 Å². The summed E-state index contributed by atoms with van der Waals surface area (Å²) in [4.78, 5) is 0. The standard InChI is InChI=1S/C12H19NO/c1-10(8-13-9-11(2)14)12-6-4-3-5-7-12/h3-7,10-11,13-14H,8-9H2,1-2H3/t10-,11+/m0/s1. The third-order valence-corrected chi connectivity index (χ3v) is 2.26. The molecule has 0 amide bonds. The molecule has 1 aromatic carbocycles. The molecule has 0 aliphatic carbocycles. The van der Waals surface area contributed by atoms with Crippen molar-refractivity contribution in [2.75, 3.05) is 13.1 Å². The summed E-state index contributed by atoms with van der Waals surface area (Å²) in [7, 11) is 0. The van der Waals surface area contributed by atoms with E-state index < -0.39 is 0 Å². The zero-order valence-corrected chi connectivity index (χ0v) is 8.90. The Kier molecular flexibility index (Phi) is 4.63. The van der Waals surface area contributed by atoms with Crippen LogP contribution >= 0.6 is 0 Å². The molecule has 2 nitrogen and oxygen atoms in total. The molecule has 0 aromatic heterocycles. The number of aliphatic hydroxyl groups is 1. The van der Waals surface area contributed by atoms with Crippen molar-refractivity contribution < 1.29 is 5.11 Å². The van der Waals surface area contributed by atoms with E-state index >= 15 is 0 Å². The quantitative estimate of drug-likeness (QED) is 0.747. The minimum Gasteiger partial charge on any atom is -0.392 e. The highest BCUT2D eigenvalue weighted by atomic mass is 16.3. The van der Waals surface area contributed by atoms with Gasteiger partial charge in [-0.1, -0.05) is 37.3 Å². The first-order valence-corrected chi connectivity index (χ1v) is 5.14. The molecule has 0 radical (unpaired) electrons. The van der Waals surface area contributed by atoms with Gasteiger partial charge in [-0.2, -0.15) is 0 Å². The summed E-state index contributed by atoms with van der Waals surface area (Å²) in [6, 6.07) is 10.4. The lowest BCUT2D eigenvalue weighted by atomic mass is 10.0. The van der Waals surface area contributed by atoms with Gasteiger partial charge in [0.05, 0.1) is 6.10 Å². The normalized spacial score (nSPS) is 15.1. The van der Waals surface area contributed by atoms with Crippen molar-refractivity contribution in [2.45, 2.75) is 25.9 Å². The second-order valence-electron chi connectivity index (χ2n) is 3.82. The topological polar surface area (TPSA) is 32.3 Å².